The molecular weight excluding hydrogens is 744 g/mol. The number of carboxylic acid groups (broad SMARTS) is 1. The number of phenolic OH excluding ortho intramolecular Hbond substituents is 1. The van der Waals surface area contributed by atoms with Gasteiger partial charge in [-0.2, -0.15) is 12.6 Å². The molecule has 7 amide bonds. The van der Waals surface area contributed by atoms with E-state index in [1.54, 1.807) is 12.1 Å². The van der Waals surface area contributed by atoms with Crippen molar-refractivity contribution in [3.8, 4) is 5.75 Å². The number of aliphatic hydroxyl groups is 2. The largest absolute Gasteiger partial charge is 0.508 e. The molecule has 0 aromatic heterocycles. The van der Waals surface area contributed by atoms with Crippen molar-refractivity contribution >= 4 is 59.9 Å². The van der Waals surface area contributed by atoms with Crippen molar-refractivity contribution in [1.29, 1.82) is 0 Å². The van der Waals surface area contributed by atoms with Gasteiger partial charge in [-0.25, -0.2) is 4.79 Å². The highest BCUT2D eigenvalue weighted by atomic mass is 32.1. The minimum Gasteiger partial charge on any atom is -0.508 e. The molecule has 0 saturated carbocycles. The van der Waals surface area contributed by atoms with Crippen LogP contribution in [0.5, 0.6) is 5.75 Å². The van der Waals surface area contributed by atoms with Crippen LogP contribution in [0.1, 0.15) is 52.0 Å². The van der Waals surface area contributed by atoms with E-state index in [9.17, 15) is 58.8 Å². The molecule has 1 saturated heterocycles. The first-order chi connectivity index (χ1) is 25.8. The van der Waals surface area contributed by atoms with E-state index in [0.717, 1.165) is 0 Å². The second-order valence-corrected chi connectivity index (χ2v) is 13.9. The van der Waals surface area contributed by atoms with Crippen molar-refractivity contribution in [2.75, 3.05) is 18.9 Å². The predicted molar refractivity (Wildman–Crippen MR) is 198 cm³/mol. The zero-order valence-corrected chi connectivity index (χ0v) is 31.7. The molecule has 1 aromatic carbocycles. The highest BCUT2D eigenvalue weighted by Gasteiger charge is 2.40. The van der Waals surface area contributed by atoms with Crippen molar-refractivity contribution < 1.29 is 58.8 Å². The van der Waals surface area contributed by atoms with E-state index in [1.165, 1.54) is 37.8 Å². The van der Waals surface area contributed by atoms with E-state index in [0.29, 0.717) is 12.0 Å². The molecule has 8 atom stereocenters. The van der Waals surface area contributed by atoms with E-state index >= 15 is 0 Å². The molecule has 0 aliphatic carbocycles. The van der Waals surface area contributed by atoms with E-state index < -0.39 is 115 Å². The Morgan fingerprint density at radius 2 is 1.44 bits per heavy atom. The van der Waals surface area contributed by atoms with Gasteiger partial charge in [-0.15, -0.1) is 0 Å². The third-order valence-corrected chi connectivity index (χ3v) is 9.18. The van der Waals surface area contributed by atoms with E-state index in [2.05, 4.69) is 39.2 Å². The number of carbonyl (C=O) groups is 8. The van der Waals surface area contributed by atoms with Gasteiger partial charge in [0.2, 0.25) is 41.4 Å². The molecule has 0 spiro atoms. The highest BCUT2D eigenvalue weighted by molar-refractivity contribution is 7.80. The summed E-state index contributed by atoms with van der Waals surface area (Å²) >= 11 is 4.04. The fourth-order valence-corrected chi connectivity index (χ4v) is 5.81. The van der Waals surface area contributed by atoms with Gasteiger partial charge < -0.3 is 63.4 Å². The number of amides is 7. The van der Waals surface area contributed by atoms with Crippen molar-refractivity contribution in [2.24, 2.45) is 17.4 Å². The van der Waals surface area contributed by atoms with Crippen LogP contribution < -0.4 is 38.1 Å². The molecule has 1 aliphatic heterocycles. The lowest BCUT2D eigenvalue weighted by atomic mass is 10.0. The second-order valence-electron chi connectivity index (χ2n) is 13.5. The lowest BCUT2D eigenvalue weighted by Gasteiger charge is -2.31. The average molecular weight is 797 g/mol. The third-order valence-electron chi connectivity index (χ3n) is 8.78. The summed E-state index contributed by atoms with van der Waals surface area (Å²) in [4.78, 5) is 104. The Balaban J connectivity index is 2.28. The molecule has 2 rings (SSSR count). The number of aromatic hydroxyl groups is 1. The first-order valence-corrected chi connectivity index (χ1v) is 18.2. The lowest BCUT2D eigenvalue weighted by Crippen LogP contribution is -2.62. The molecule has 13 N–H and O–H groups in total. The van der Waals surface area contributed by atoms with Crippen LogP contribution in [-0.4, -0.2) is 140 Å². The third kappa shape index (κ3) is 14.0. The molecule has 306 valence electrons. The van der Waals surface area contributed by atoms with Gasteiger partial charge in [0.05, 0.1) is 18.8 Å². The summed E-state index contributed by atoms with van der Waals surface area (Å²) in [5, 5.41) is 50.6. The van der Waals surface area contributed by atoms with Crippen LogP contribution in [0.25, 0.3) is 0 Å². The molecule has 1 fully saturated rings. The van der Waals surface area contributed by atoms with Crippen molar-refractivity contribution in [1.82, 2.24) is 31.5 Å². The zero-order chi connectivity index (χ0) is 41.6. The van der Waals surface area contributed by atoms with Crippen LogP contribution in [0.2, 0.25) is 0 Å². The second kappa shape index (κ2) is 21.8. The summed E-state index contributed by atoms with van der Waals surface area (Å²) in [7, 11) is 0. The smallest absolute Gasteiger partial charge is 0.328 e. The summed E-state index contributed by atoms with van der Waals surface area (Å²) in [6.07, 6.45) is -1.83. The SMILES string of the molecule is CC(C)C(NC(=O)C(CCC(N)=O)NC(=O)C(NC(=O)C1CCCN1C(=O)C(Cc1ccc(O)cc1)NC(=O)C(N)CS)C(C)O)C(=O)NC(CO)C(=O)O. The first kappa shape index (κ1) is 46.2. The fraction of sp³-hybridized carbons (Fsp3) is 0.588. The molecule has 1 heterocycles. The number of aliphatic carboxylic acids is 1. The number of hydrogen-bond donors (Lipinski definition) is 12. The van der Waals surface area contributed by atoms with Gasteiger partial charge in [-0.3, -0.25) is 33.6 Å². The maximum absolute atomic E-state index is 13.9. The number of hydrogen-bond acceptors (Lipinski definition) is 13. The maximum Gasteiger partial charge on any atom is 0.328 e. The van der Waals surface area contributed by atoms with Crippen LogP contribution >= 0.6 is 12.6 Å². The molecular formula is C34H52N8O12S. The van der Waals surface area contributed by atoms with Crippen LogP contribution in [-0.2, 0) is 44.8 Å². The van der Waals surface area contributed by atoms with Gasteiger partial charge in [0.1, 0.15) is 42.0 Å². The number of nitrogens with zero attached hydrogens (tertiary/aromatic N) is 1. The zero-order valence-electron chi connectivity index (χ0n) is 30.8. The van der Waals surface area contributed by atoms with Crippen LogP contribution in [0, 0.1) is 5.92 Å². The number of carbonyl (C=O) groups excluding carboxylic acids is 7. The molecule has 1 aliphatic rings. The monoisotopic (exact) mass is 796 g/mol. The van der Waals surface area contributed by atoms with Gasteiger partial charge in [0.25, 0.3) is 0 Å². The van der Waals surface area contributed by atoms with Crippen LogP contribution in [0.3, 0.4) is 0 Å². The quantitative estimate of drug-likeness (QED) is 0.0529. The molecule has 0 radical (unpaired) electrons. The van der Waals surface area contributed by atoms with E-state index in [-0.39, 0.29) is 37.3 Å². The van der Waals surface area contributed by atoms with Crippen LogP contribution in [0.15, 0.2) is 24.3 Å². The fourth-order valence-electron chi connectivity index (χ4n) is 5.64. The summed E-state index contributed by atoms with van der Waals surface area (Å²) < 4.78 is 0. The predicted octanol–water partition coefficient (Wildman–Crippen LogP) is -4.01. The Hall–Kier alpha value is -4.99. The number of likely N-dealkylation sites (tertiary alicyclic amines) is 1. The Morgan fingerprint density at radius 1 is 0.855 bits per heavy atom. The maximum atomic E-state index is 13.9. The Kier molecular flexibility index (Phi) is 18.3. The van der Waals surface area contributed by atoms with Crippen molar-refractivity contribution in [3.05, 3.63) is 29.8 Å². The molecule has 0 bridgehead atoms. The normalized spacial score (nSPS) is 17.7. The number of nitrogens with one attached hydrogen (secondary N) is 5. The number of phenols is 1. The van der Waals surface area contributed by atoms with Crippen molar-refractivity contribution in [2.45, 2.75) is 101 Å². The molecule has 8 unspecified atom stereocenters. The minimum atomic E-state index is -1.69. The van der Waals surface area contributed by atoms with Gasteiger partial charge >= 0.3 is 5.97 Å². The number of carboxylic acids is 1. The molecule has 20 nitrogen and oxygen atoms in total. The number of benzene rings is 1. The summed E-state index contributed by atoms with van der Waals surface area (Å²) in [6.45, 7) is 3.43. The Morgan fingerprint density at radius 3 is 1.96 bits per heavy atom. The standard InChI is InChI=1S/C34H52N8O12S/c1-16(2)26(31(50)39-23(14-43)34(53)54)40-29(48)21(10-11-25(36)46)37-32(51)27(17(3)44)41-30(49)24-5-4-12-42(24)33(52)22(38-28(47)20(35)15-55)13-18-6-8-19(45)9-7-18/h6-9,16-17,20-24,26-27,43-45,55H,4-5,10-15,35H2,1-3H3,(H2,36,46)(H,37,51)(H,38,47)(H,39,50)(H,40,48)(H,41,49)(H,53,54). The number of thiol groups is 1. The van der Waals surface area contributed by atoms with Crippen LogP contribution in [0.4, 0.5) is 0 Å². The average Bonchev–Trinajstić information content (AvgIpc) is 3.62. The summed E-state index contributed by atoms with van der Waals surface area (Å²) in [6, 6.07) is -3.72. The lowest BCUT2D eigenvalue weighted by molar-refractivity contribution is -0.144. The topological polar surface area (TPSA) is 333 Å². The molecule has 55 heavy (non-hydrogen) atoms. The number of aliphatic hydroxyl groups excluding tert-OH is 2. The van der Waals surface area contributed by atoms with Crippen molar-refractivity contribution in [3.63, 3.8) is 0 Å². The molecule has 21 heteroatoms. The van der Waals surface area contributed by atoms with Gasteiger partial charge in [-0.05, 0) is 49.8 Å². The number of primary amides is 1. The first-order valence-electron chi connectivity index (χ1n) is 17.6. The van der Waals surface area contributed by atoms with E-state index in [1.807, 2.05) is 0 Å². The summed E-state index contributed by atoms with van der Waals surface area (Å²) in [5.74, 6) is -8.16. The molecule has 1 aromatic rings. The number of rotatable bonds is 21. The van der Waals surface area contributed by atoms with Gasteiger partial charge in [0.15, 0.2) is 0 Å². The van der Waals surface area contributed by atoms with Gasteiger partial charge in [0, 0.05) is 25.1 Å². The Labute approximate surface area is 322 Å². The number of nitrogens with two attached hydrogens (primary N) is 2. The van der Waals surface area contributed by atoms with E-state index in [4.69, 9.17) is 11.5 Å². The minimum absolute atomic E-state index is 0.0139. The Bertz CT molecular complexity index is 1550. The van der Waals surface area contributed by atoms with Gasteiger partial charge in [-0.1, -0.05) is 26.0 Å². The summed E-state index contributed by atoms with van der Waals surface area (Å²) in [5.41, 5.74) is 11.7. The highest BCUT2D eigenvalue weighted by Crippen LogP contribution is 2.21.